The molecule has 0 bridgehead atoms. The molecule has 1 N–H and O–H groups in total. The number of rotatable bonds is 9. The Bertz CT molecular complexity index is 1430. The fourth-order valence-electron chi connectivity index (χ4n) is 5.29. The number of benzene rings is 4. The normalized spacial score (nSPS) is 14.9. The van der Waals surface area contributed by atoms with Crippen LogP contribution in [0.15, 0.2) is 103 Å². The zero-order valence-electron chi connectivity index (χ0n) is 22.6. The van der Waals surface area contributed by atoms with Crippen molar-refractivity contribution >= 4 is 5.97 Å². The highest BCUT2D eigenvalue weighted by Crippen LogP contribution is 2.36. The maximum atomic E-state index is 13.8. The number of hydrogen-bond acceptors (Lipinski definition) is 4. The number of esters is 1. The van der Waals surface area contributed by atoms with Gasteiger partial charge in [0.2, 0.25) is 0 Å². The second kappa shape index (κ2) is 12.7. The summed E-state index contributed by atoms with van der Waals surface area (Å²) in [7, 11) is 0. The molecule has 0 spiro atoms. The second-order valence-corrected chi connectivity index (χ2v) is 10.4. The summed E-state index contributed by atoms with van der Waals surface area (Å²) in [6.07, 6.45) is -2.72. The third kappa shape index (κ3) is 7.23. The molecule has 0 saturated carbocycles. The number of halogens is 3. The Hall–Kier alpha value is -3.94. The van der Waals surface area contributed by atoms with Crippen LogP contribution < -0.4 is 5.32 Å². The highest BCUT2D eigenvalue weighted by Gasteiger charge is 2.34. The van der Waals surface area contributed by atoms with Crippen molar-refractivity contribution in [3.05, 3.63) is 131 Å². The lowest BCUT2D eigenvalue weighted by Crippen LogP contribution is -2.43. The lowest BCUT2D eigenvalue weighted by molar-refractivity contribution is -0.137. The summed E-state index contributed by atoms with van der Waals surface area (Å²) in [6, 6.07) is 29.9. The Balaban J connectivity index is 1.31. The molecule has 4 aromatic carbocycles. The van der Waals surface area contributed by atoms with Crippen molar-refractivity contribution in [2.75, 3.05) is 19.7 Å². The number of carbonyl (C=O) groups excluding carboxylic acids is 1. The molecule has 0 atom stereocenters. The minimum Gasteiger partial charge on any atom is -0.457 e. The van der Waals surface area contributed by atoms with Crippen molar-refractivity contribution in [3.63, 3.8) is 0 Å². The lowest BCUT2D eigenvalue weighted by atomic mass is 9.74. The molecule has 0 unspecified atom stereocenters. The van der Waals surface area contributed by atoms with Gasteiger partial charge in [-0.25, -0.2) is 4.79 Å². The molecule has 1 heterocycles. The molecule has 41 heavy (non-hydrogen) atoms. The average Bonchev–Trinajstić information content (AvgIpc) is 3.01. The van der Waals surface area contributed by atoms with E-state index in [1.54, 1.807) is 30.3 Å². The van der Waals surface area contributed by atoms with Crippen molar-refractivity contribution < 1.29 is 27.4 Å². The molecule has 1 saturated heterocycles. The second-order valence-electron chi connectivity index (χ2n) is 10.4. The number of hydrogen-bond donors (Lipinski definition) is 1. The van der Waals surface area contributed by atoms with E-state index >= 15 is 0 Å². The van der Waals surface area contributed by atoms with Crippen molar-refractivity contribution in [3.8, 4) is 11.1 Å². The van der Waals surface area contributed by atoms with Gasteiger partial charge in [0.05, 0.1) is 24.3 Å². The van der Waals surface area contributed by atoms with Gasteiger partial charge in [0.25, 0.3) is 0 Å². The quantitative estimate of drug-likeness (QED) is 0.215. The van der Waals surface area contributed by atoms with Crippen LogP contribution in [0.5, 0.6) is 0 Å². The molecular formula is C34H32F3NO3. The van der Waals surface area contributed by atoms with Crippen LogP contribution in [0, 0.1) is 0 Å². The molecule has 0 radical (unpaired) electrons. The zero-order chi connectivity index (χ0) is 28.7. The Morgan fingerprint density at radius 2 is 1.41 bits per heavy atom. The van der Waals surface area contributed by atoms with Gasteiger partial charge < -0.3 is 14.8 Å². The SMILES string of the molecule is O=C(OCc1ccccc1)c1ccc(-c2cc(COCC3(c4ccccc4)CCNCC3)cc(C(F)(F)F)c2)cc1. The molecule has 0 aromatic heterocycles. The third-order valence-corrected chi connectivity index (χ3v) is 7.58. The molecule has 0 amide bonds. The van der Waals surface area contributed by atoms with Crippen molar-refractivity contribution in [1.82, 2.24) is 5.32 Å². The highest BCUT2D eigenvalue weighted by atomic mass is 19.4. The summed E-state index contributed by atoms with van der Waals surface area (Å²) in [5, 5.41) is 3.38. The Morgan fingerprint density at radius 1 is 0.756 bits per heavy atom. The minimum atomic E-state index is -4.51. The minimum absolute atomic E-state index is 0.0584. The first-order valence-electron chi connectivity index (χ1n) is 13.7. The molecule has 0 aliphatic carbocycles. The van der Waals surface area contributed by atoms with Crippen molar-refractivity contribution in [2.24, 2.45) is 0 Å². The maximum absolute atomic E-state index is 13.8. The molecule has 212 valence electrons. The van der Waals surface area contributed by atoms with E-state index in [-0.39, 0.29) is 18.6 Å². The van der Waals surface area contributed by atoms with Crippen LogP contribution in [0.2, 0.25) is 0 Å². The molecular weight excluding hydrogens is 527 g/mol. The topological polar surface area (TPSA) is 47.6 Å². The van der Waals surface area contributed by atoms with E-state index in [9.17, 15) is 18.0 Å². The number of ether oxygens (including phenoxy) is 2. The number of alkyl halides is 3. The van der Waals surface area contributed by atoms with Crippen LogP contribution in [0.4, 0.5) is 13.2 Å². The van der Waals surface area contributed by atoms with Crippen molar-refractivity contribution in [1.29, 1.82) is 0 Å². The fraction of sp³-hybridized carbons (Fsp3) is 0.265. The first-order chi connectivity index (χ1) is 19.8. The predicted molar refractivity (Wildman–Crippen MR) is 152 cm³/mol. The van der Waals surface area contributed by atoms with Gasteiger partial charge >= 0.3 is 12.1 Å². The first kappa shape index (κ1) is 28.6. The Morgan fingerprint density at radius 3 is 2.07 bits per heavy atom. The summed E-state index contributed by atoms with van der Waals surface area (Å²) in [4.78, 5) is 12.5. The van der Waals surface area contributed by atoms with Gasteiger partial charge in [-0.2, -0.15) is 13.2 Å². The molecule has 7 heteroatoms. The zero-order valence-corrected chi connectivity index (χ0v) is 22.6. The van der Waals surface area contributed by atoms with E-state index in [0.29, 0.717) is 28.9 Å². The predicted octanol–water partition coefficient (Wildman–Crippen LogP) is 7.57. The van der Waals surface area contributed by atoms with Crippen molar-refractivity contribution in [2.45, 2.75) is 37.6 Å². The number of carbonyl (C=O) groups is 1. The van der Waals surface area contributed by atoms with E-state index in [4.69, 9.17) is 9.47 Å². The summed E-state index contributed by atoms with van der Waals surface area (Å²) in [5.74, 6) is -0.496. The summed E-state index contributed by atoms with van der Waals surface area (Å²) in [6.45, 7) is 2.34. The molecule has 1 aliphatic rings. The van der Waals surface area contributed by atoms with Crippen LogP contribution in [0.3, 0.4) is 0 Å². The number of piperidine rings is 1. The van der Waals surface area contributed by atoms with Crippen LogP contribution in [-0.4, -0.2) is 25.7 Å². The van der Waals surface area contributed by atoms with Gasteiger partial charge in [-0.05, 0) is 84.1 Å². The Labute approximate surface area is 238 Å². The lowest BCUT2D eigenvalue weighted by Gasteiger charge is -2.38. The van der Waals surface area contributed by atoms with E-state index in [1.165, 1.54) is 5.56 Å². The van der Waals surface area contributed by atoms with E-state index in [2.05, 4.69) is 17.4 Å². The van der Waals surface area contributed by atoms with Crippen LogP contribution in [-0.2, 0) is 34.3 Å². The van der Waals surface area contributed by atoms with E-state index in [0.717, 1.165) is 43.6 Å². The van der Waals surface area contributed by atoms with Gasteiger partial charge in [0.15, 0.2) is 0 Å². The largest absolute Gasteiger partial charge is 0.457 e. The standard InChI is InChI=1S/C34H32F3NO3/c35-34(36,37)31-20-26(22-40-24-33(15-17-38-18-16-33)30-9-5-2-6-10-30)19-29(21-31)27-11-13-28(14-12-27)32(39)41-23-25-7-3-1-4-8-25/h1-14,19-21,38H,15-18,22-24H2. The van der Waals surface area contributed by atoms with Crippen LogP contribution >= 0.6 is 0 Å². The monoisotopic (exact) mass is 559 g/mol. The van der Waals surface area contributed by atoms with Crippen LogP contribution in [0.25, 0.3) is 11.1 Å². The molecule has 4 aromatic rings. The molecule has 4 nitrogen and oxygen atoms in total. The molecule has 1 aliphatic heterocycles. The van der Waals surface area contributed by atoms with Crippen LogP contribution in [0.1, 0.15) is 45.5 Å². The van der Waals surface area contributed by atoms with Gasteiger partial charge in [0, 0.05) is 5.41 Å². The maximum Gasteiger partial charge on any atom is 0.416 e. The van der Waals surface area contributed by atoms with E-state index in [1.807, 2.05) is 48.5 Å². The third-order valence-electron chi connectivity index (χ3n) is 7.58. The average molecular weight is 560 g/mol. The smallest absolute Gasteiger partial charge is 0.416 e. The molecule has 5 rings (SSSR count). The molecule has 1 fully saturated rings. The Kier molecular flexibility index (Phi) is 8.86. The summed E-state index contributed by atoms with van der Waals surface area (Å²) < 4.78 is 53.0. The first-order valence-corrected chi connectivity index (χ1v) is 13.7. The number of nitrogens with one attached hydrogen (secondary N) is 1. The van der Waals surface area contributed by atoms with Gasteiger partial charge in [-0.3, -0.25) is 0 Å². The fourth-order valence-corrected chi connectivity index (χ4v) is 5.29. The van der Waals surface area contributed by atoms with Gasteiger partial charge in [-0.15, -0.1) is 0 Å². The van der Waals surface area contributed by atoms with Gasteiger partial charge in [-0.1, -0.05) is 72.8 Å². The summed E-state index contributed by atoms with van der Waals surface area (Å²) in [5.41, 5.74) is 2.88. The summed E-state index contributed by atoms with van der Waals surface area (Å²) >= 11 is 0. The van der Waals surface area contributed by atoms with Gasteiger partial charge in [0.1, 0.15) is 6.61 Å². The highest BCUT2D eigenvalue weighted by molar-refractivity contribution is 5.90. The van der Waals surface area contributed by atoms with E-state index < -0.39 is 17.7 Å².